The normalized spacial score (nSPS) is 16.9. The molecule has 1 unspecified atom stereocenters. The van der Waals surface area contributed by atoms with Gasteiger partial charge in [0.2, 0.25) is 5.91 Å². The van der Waals surface area contributed by atoms with E-state index in [4.69, 9.17) is 9.15 Å². The lowest BCUT2D eigenvalue weighted by atomic mass is 9.95. The maximum atomic E-state index is 12.7. The number of methoxy groups -OCH3 is 1. The summed E-state index contributed by atoms with van der Waals surface area (Å²) < 4.78 is 11.5. The van der Waals surface area contributed by atoms with Crippen molar-refractivity contribution in [3.63, 3.8) is 0 Å². The fourth-order valence-corrected chi connectivity index (χ4v) is 3.54. The Hall–Kier alpha value is -2.82. The number of benzene rings is 1. The molecule has 1 aromatic carbocycles. The average molecular weight is 336 g/mol. The quantitative estimate of drug-likeness (QED) is 0.735. The summed E-state index contributed by atoms with van der Waals surface area (Å²) in [7, 11) is 1.65. The van der Waals surface area contributed by atoms with Gasteiger partial charge in [0.1, 0.15) is 5.76 Å². The second kappa shape index (κ2) is 6.59. The Kier molecular flexibility index (Phi) is 4.14. The molecule has 0 radical (unpaired) electrons. The standard InChI is InChI=1S/C20H20N2O3/c1-24-18-9-3-7-15-16-11-13(5-2-8-17(16)25-19(15)18)20(23)22-14-6-4-10-21-12-14/h3-4,6-7,9-10,12-13H,2,5,8,11H2,1H3,(H,22,23). The largest absolute Gasteiger partial charge is 0.493 e. The molecule has 1 atom stereocenters. The number of hydrogen-bond donors (Lipinski definition) is 1. The number of ether oxygens (including phenoxy) is 1. The number of nitrogens with zero attached hydrogens (tertiary/aromatic N) is 1. The van der Waals surface area contributed by atoms with Crippen molar-refractivity contribution in [2.24, 2.45) is 5.92 Å². The number of amides is 1. The first-order valence-corrected chi connectivity index (χ1v) is 8.54. The zero-order chi connectivity index (χ0) is 17.2. The summed E-state index contributed by atoms with van der Waals surface area (Å²) in [5, 5.41) is 4.03. The minimum absolute atomic E-state index is 0.0399. The van der Waals surface area contributed by atoms with Crippen LogP contribution in [0.15, 0.2) is 47.1 Å². The number of fused-ring (bicyclic) bond motifs is 3. The summed E-state index contributed by atoms with van der Waals surface area (Å²) in [5.41, 5.74) is 2.65. The van der Waals surface area contributed by atoms with Gasteiger partial charge in [-0.05, 0) is 37.5 Å². The third-order valence-corrected chi connectivity index (χ3v) is 4.79. The van der Waals surface area contributed by atoms with E-state index >= 15 is 0 Å². The van der Waals surface area contributed by atoms with Crippen LogP contribution >= 0.6 is 0 Å². The molecule has 1 aliphatic rings. The van der Waals surface area contributed by atoms with Crippen molar-refractivity contribution < 1.29 is 13.9 Å². The van der Waals surface area contributed by atoms with Crippen LogP contribution < -0.4 is 10.1 Å². The van der Waals surface area contributed by atoms with Crippen molar-refractivity contribution in [2.45, 2.75) is 25.7 Å². The van der Waals surface area contributed by atoms with Crippen molar-refractivity contribution in [2.75, 3.05) is 12.4 Å². The van der Waals surface area contributed by atoms with E-state index in [9.17, 15) is 4.79 Å². The predicted octanol–water partition coefficient (Wildman–Crippen LogP) is 3.97. The van der Waals surface area contributed by atoms with Crippen LogP contribution in [0.1, 0.15) is 24.2 Å². The highest BCUT2D eigenvalue weighted by Crippen LogP contribution is 2.37. The van der Waals surface area contributed by atoms with E-state index in [1.165, 1.54) is 0 Å². The third kappa shape index (κ3) is 2.97. The number of furan rings is 1. The highest BCUT2D eigenvalue weighted by molar-refractivity contribution is 5.94. The van der Waals surface area contributed by atoms with Gasteiger partial charge in [-0.3, -0.25) is 9.78 Å². The molecule has 0 bridgehead atoms. The number of anilines is 1. The van der Waals surface area contributed by atoms with E-state index in [0.717, 1.165) is 53.0 Å². The lowest BCUT2D eigenvalue weighted by Crippen LogP contribution is -2.24. The number of hydrogen-bond acceptors (Lipinski definition) is 4. The van der Waals surface area contributed by atoms with E-state index in [-0.39, 0.29) is 11.8 Å². The van der Waals surface area contributed by atoms with Crippen LogP contribution in [0.4, 0.5) is 5.69 Å². The van der Waals surface area contributed by atoms with Gasteiger partial charge in [0, 0.05) is 29.5 Å². The van der Waals surface area contributed by atoms with Crippen LogP contribution in [-0.4, -0.2) is 18.0 Å². The molecule has 4 rings (SSSR count). The monoisotopic (exact) mass is 336 g/mol. The molecule has 1 amide bonds. The molecule has 1 N–H and O–H groups in total. The summed E-state index contributed by atoms with van der Waals surface area (Å²) in [6.45, 7) is 0. The van der Waals surface area contributed by atoms with Gasteiger partial charge in [-0.15, -0.1) is 0 Å². The lowest BCUT2D eigenvalue weighted by Gasteiger charge is -2.14. The molecule has 2 heterocycles. The summed E-state index contributed by atoms with van der Waals surface area (Å²) in [6, 6.07) is 9.58. The number of pyridine rings is 1. The van der Waals surface area contributed by atoms with Crippen LogP contribution in [0.5, 0.6) is 5.75 Å². The minimum atomic E-state index is -0.0755. The van der Waals surface area contributed by atoms with Gasteiger partial charge in [0.05, 0.1) is 19.0 Å². The first-order valence-electron chi connectivity index (χ1n) is 8.54. The van der Waals surface area contributed by atoms with Crippen LogP contribution in [0.3, 0.4) is 0 Å². The van der Waals surface area contributed by atoms with Crippen molar-refractivity contribution in [1.82, 2.24) is 4.98 Å². The molecule has 0 saturated carbocycles. The second-order valence-corrected chi connectivity index (χ2v) is 6.36. The maximum Gasteiger partial charge on any atom is 0.227 e. The Labute approximate surface area is 146 Å². The first kappa shape index (κ1) is 15.7. The van der Waals surface area contributed by atoms with E-state index in [2.05, 4.69) is 10.3 Å². The molecule has 0 saturated heterocycles. The van der Waals surface area contributed by atoms with E-state index in [1.807, 2.05) is 30.3 Å². The SMILES string of the molecule is COc1cccc2c3c(oc12)CCCC(C(=O)Nc1cccnc1)C3. The average Bonchev–Trinajstić information content (AvgIpc) is 2.85. The molecule has 1 aliphatic carbocycles. The fourth-order valence-electron chi connectivity index (χ4n) is 3.54. The summed E-state index contributed by atoms with van der Waals surface area (Å²) in [6.07, 6.45) is 6.67. The van der Waals surface area contributed by atoms with Gasteiger partial charge < -0.3 is 14.5 Å². The maximum absolute atomic E-state index is 12.7. The number of rotatable bonds is 3. The number of para-hydroxylation sites is 1. The van der Waals surface area contributed by atoms with Gasteiger partial charge in [0.25, 0.3) is 0 Å². The predicted molar refractivity (Wildman–Crippen MR) is 95.8 cm³/mol. The zero-order valence-corrected chi connectivity index (χ0v) is 14.1. The van der Waals surface area contributed by atoms with Crippen molar-refractivity contribution >= 4 is 22.6 Å². The molecule has 5 nitrogen and oxygen atoms in total. The minimum Gasteiger partial charge on any atom is -0.493 e. The number of carbonyl (C=O) groups excluding carboxylic acids is 1. The Balaban J connectivity index is 1.63. The molecule has 3 aromatic rings. The zero-order valence-electron chi connectivity index (χ0n) is 14.1. The van der Waals surface area contributed by atoms with E-state index < -0.39 is 0 Å². The fraction of sp³-hybridized carbons (Fsp3) is 0.300. The van der Waals surface area contributed by atoms with Crippen LogP contribution in [0, 0.1) is 5.92 Å². The second-order valence-electron chi connectivity index (χ2n) is 6.36. The molecule has 0 spiro atoms. The lowest BCUT2D eigenvalue weighted by molar-refractivity contribution is -0.120. The summed E-state index contributed by atoms with van der Waals surface area (Å²) in [4.78, 5) is 16.8. The smallest absolute Gasteiger partial charge is 0.227 e. The number of carbonyl (C=O) groups is 1. The topological polar surface area (TPSA) is 64.4 Å². The summed E-state index contributed by atoms with van der Waals surface area (Å²) in [5.74, 6) is 1.68. The van der Waals surface area contributed by atoms with Gasteiger partial charge in [0.15, 0.2) is 11.3 Å². The number of nitrogens with one attached hydrogen (secondary N) is 1. The first-order chi connectivity index (χ1) is 12.3. The highest BCUT2D eigenvalue weighted by Gasteiger charge is 2.27. The van der Waals surface area contributed by atoms with Gasteiger partial charge >= 0.3 is 0 Å². The molecule has 0 aliphatic heterocycles. The Morgan fingerprint density at radius 2 is 2.24 bits per heavy atom. The van der Waals surface area contributed by atoms with E-state index in [0.29, 0.717) is 6.42 Å². The molecule has 25 heavy (non-hydrogen) atoms. The van der Waals surface area contributed by atoms with Gasteiger partial charge in [-0.25, -0.2) is 0 Å². The van der Waals surface area contributed by atoms with Crippen LogP contribution in [0.25, 0.3) is 11.0 Å². The molecular formula is C20H20N2O3. The highest BCUT2D eigenvalue weighted by atomic mass is 16.5. The van der Waals surface area contributed by atoms with Crippen LogP contribution in [0.2, 0.25) is 0 Å². The summed E-state index contributed by atoms with van der Waals surface area (Å²) >= 11 is 0. The van der Waals surface area contributed by atoms with Crippen molar-refractivity contribution in [1.29, 1.82) is 0 Å². The molecule has 2 aromatic heterocycles. The van der Waals surface area contributed by atoms with Crippen molar-refractivity contribution in [3.8, 4) is 5.75 Å². The Bertz CT molecular complexity index is 902. The number of aryl methyl sites for hydroxylation is 1. The van der Waals surface area contributed by atoms with Crippen LogP contribution in [-0.2, 0) is 17.6 Å². The van der Waals surface area contributed by atoms with Gasteiger partial charge in [-0.1, -0.05) is 12.1 Å². The molecular weight excluding hydrogens is 316 g/mol. The van der Waals surface area contributed by atoms with E-state index in [1.54, 1.807) is 19.5 Å². The number of aromatic nitrogens is 1. The molecule has 128 valence electrons. The van der Waals surface area contributed by atoms with Crippen molar-refractivity contribution in [3.05, 3.63) is 54.0 Å². The Morgan fingerprint density at radius 1 is 1.32 bits per heavy atom. The van der Waals surface area contributed by atoms with Gasteiger partial charge in [-0.2, -0.15) is 0 Å². The molecule has 5 heteroatoms. The Morgan fingerprint density at radius 3 is 3.04 bits per heavy atom. The molecule has 0 fully saturated rings. The third-order valence-electron chi connectivity index (χ3n) is 4.79.